The molecule has 9 unspecified atom stereocenters. The topological polar surface area (TPSA) is 175 Å². The van der Waals surface area contributed by atoms with E-state index in [2.05, 4.69) is 40.3 Å². The summed E-state index contributed by atoms with van der Waals surface area (Å²) in [4.78, 5) is 0. The van der Waals surface area contributed by atoms with Gasteiger partial charge in [-0.1, -0.05) is 133 Å². The maximum atomic E-state index is 10.1. The van der Waals surface area contributed by atoms with E-state index in [1.807, 2.05) is 34.6 Å². The lowest BCUT2D eigenvalue weighted by atomic mass is 10.1. The number of thiol groups is 1. The van der Waals surface area contributed by atoms with E-state index in [0.717, 1.165) is 44.6 Å². The van der Waals surface area contributed by atoms with Crippen molar-refractivity contribution in [2.45, 2.75) is 176 Å². The first-order chi connectivity index (χ1) is 31.2. The van der Waals surface area contributed by atoms with Crippen molar-refractivity contribution in [1.29, 1.82) is 0 Å². The van der Waals surface area contributed by atoms with Gasteiger partial charge in [-0.25, -0.2) is 0 Å². The number of unbranched alkanes of at least 4 members (excludes halogenated alkanes) is 10. The Labute approximate surface area is 407 Å². The standard InChI is InChI=1S/C48H104O13SSi3/c1-10-12-14-16-18-20-26-63(41-47(8)33-53,55-35-43(4)29-49)56-39-48(9)40-61-64(28-22-25-62,58-36-44(5)30-50)54-24-23-42(3)34-57-65(59-37-45(6)31-51,60-38-46(7)32-52)27-21-19-17-15-13-11-2/h42-53,62H,10-41H2,1-9H3. The fourth-order valence-electron chi connectivity index (χ4n) is 6.97. The molecule has 0 aromatic rings. The quantitative estimate of drug-likeness (QED) is 0.0194. The van der Waals surface area contributed by atoms with Crippen LogP contribution in [-0.2, 0) is 35.4 Å². The van der Waals surface area contributed by atoms with Gasteiger partial charge in [-0.3, -0.25) is 0 Å². The van der Waals surface area contributed by atoms with Crippen molar-refractivity contribution in [3.05, 3.63) is 0 Å². The lowest BCUT2D eigenvalue weighted by Gasteiger charge is -2.35. The Bertz CT molecular complexity index is 1050. The lowest BCUT2D eigenvalue weighted by molar-refractivity contribution is 0.0120. The second-order valence-corrected chi connectivity index (χ2v) is 29.0. The van der Waals surface area contributed by atoms with Crippen LogP contribution in [0.1, 0.15) is 152 Å². The molecule has 0 spiro atoms. The fraction of sp³-hybridized carbons (Fsp3) is 1.00. The average molecular weight is 1010 g/mol. The third-order valence-electron chi connectivity index (χ3n) is 11.7. The van der Waals surface area contributed by atoms with E-state index in [-0.39, 0.29) is 74.5 Å². The highest BCUT2D eigenvalue weighted by Crippen LogP contribution is 2.30. The Morgan fingerprint density at radius 1 is 0.369 bits per heavy atom. The van der Waals surface area contributed by atoms with Gasteiger partial charge >= 0.3 is 26.2 Å². The van der Waals surface area contributed by atoms with Gasteiger partial charge in [0.15, 0.2) is 0 Å². The Morgan fingerprint density at radius 3 is 1.14 bits per heavy atom. The zero-order chi connectivity index (χ0) is 48.8. The molecule has 9 atom stereocenters. The van der Waals surface area contributed by atoms with Gasteiger partial charge in [0.05, 0.1) is 0 Å². The molecule has 0 rings (SSSR count). The van der Waals surface area contributed by atoms with Gasteiger partial charge < -0.3 is 60.9 Å². The smallest absolute Gasteiger partial charge is 0.396 e. The third-order valence-corrected chi connectivity index (χ3v) is 21.5. The maximum absolute atomic E-state index is 10.1. The second kappa shape index (κ2) is 41.1. The van der Waals surface area contributed by atoms with Crippen LogP contribution in [0.2, 0.25) is 24.2 Å². The molecule has 5 N–H and O–H groups in total. The van der Waals surface area contributed by atoms with E-state index in [0.29, 0.717) is 83.2 Å². The largest absolute Gasteiger partial charge is 0.501 e. The average Bonchev–Trinajstić information content (AvgIpc) is 3.32. The van der Waals surface area contributed by atoms with Crippen LogP contribution < -0.4 is 0 Å². The molecule has 0 aliphatic rings. The van der Waals surface area contributed by atoms with Crippen LogP contribution in [0.3, 0.4) is 0 Å². The van der Waals surface area contributed by atoms with E-state index >= 15 is 0 Å². The van der Waals surface area contributed by atoms with Gasteiger partial charge in [0, 0.05) is 128 Å². The van der Waals surface area contributed by atoms with Crippen molar-refractivity contribution >= 4 is 38.8 Å². The third kappa shape index (κ3) is 32.9. The summed E-state index contributed by atoms with van der Waals surface area (Å²) in [7, 11) is -9.23. The molecule has 0 fully saturated rings. The summed E-state index contributed by atoms with van der Waals surface area (Å²) in [6.45, 7) is 21.7. The van der Waals surface area contributed by atoms with Crippen LogP contribution in [0.4, 0.5) is 0 Å². The number of aliphatic hydroxyl groups excluding tert-OH is 5. The first-order valence-electron chi connectivity index (χ1n) is 25.9. The minimum atomic E-state index is -3.28. The Hall–Kier alpha value is 0.481. The van der Waals surface area contributed by atoms with E-state index < -0.39 is 26.2 Å². The summed E-state index contributed by atoms with van der Waals surface area (Å²) in [5.74, 6) is 0.534. The van der Waals surface area contributed by atoms with Crippen molar-refractivity contribution in [1.82, 2.24) is 0 Å². The van der Waals surface area contributed by atoms with Crippen molar-refractivity contribution in [2.24, 2.45) is 41.4 Å². The molecule has 0 aliphatic heterocycles. The molecule has 0 saturated heterocycles. The van der Waals surface area contributed by atoms with Gasteiger partial charge in [0.2, 0.25) is 0 Å². The zero-order valence-electron chi connectivity index (χ0n) is 43.1. The molecule has 0 heterocycles. The maximum Gasteiger partial charge on any atom is 0.501 e. The molecule has 0 radical (unpaired) electrons. The molecule has 0 aromatic carbocycles. The molecule has 0 amide bonds. The summed E-state index contributed by atoms with van der Waals surface area (Å²) < 4.78 is 53.6. The zero-order valence-corrected chi connectivity index (χ0v) is 47.0. The predicted octanol–water partition coefficient (Wildman–Crippen LogP) is 9.28. The monoisotopic (exact) mass is 1000 g/mol. The first-order valence-corrected chi connectivity index (χ1v) is 32.7. The summed E-state index contributed by atoms with van der Waals surface area (Å²) in [5, 5.41) is 49.5. The SMILES string of the molecule is CCCCCCCC[Si](CC(C)CO)(OCC(C)CO)OCC(C)CO[Si](CCCS)(OCCC(C)CO[Si](CCCCCCCC)(OCC(C)CO)OCC(C)CO)OCC(C)CO. The van der Waals surface area contributed by atoms with E-state index in [9.17, 15) is 25.5 Å². The van der Waals surface area contributed by atoms with Crippen LogP contribution >= 0.6 is 12.6 Å². The Balaban J connectivity index is 6.17. The Kier molecular flexibility index (Phi) is 41.4. The van der Waals surface area contributed by atoms with Crippen LogP contribution in [0.5, 0.6) is 0 Å². The predicted molar refractivity (Wildman–Crippen MR) is 274 cm³/mol. The van der Waals surface area contributed by atoms with Gasteiger partial charge in [-0.2, -0.15) is 12.6 Å². The summed E-state index contributed by atoms with van der Waals surface area (Å²) in [6.07, 6.45) is 15.2. The highest BCUT2D eigenvalue weighted by atomic mass is 32.1. The van der Waals surface area contributed by atoms with Gasteiger partial charge in [-0.05, 0) is 48.9 Å². The lowest BCUT2D eigenvalue weighted by Crippen LogP contribution is -2.49. The summed E-state index contributed by atoms with van der Waals surface area (Å²) >= 11 is 4.55. The molecule has 17 heteroatoms. The molecule has 13 nitrogen and oxygen atoms in total. The van der Waals surface area contributed by atoms with Crippen LogP contribution in [0.15, 0.2) is 0 Å². The van der Waals surface area contributed by atoms with Gasteiger partial charge in [0.1, 0.15) is 0 Å². The first kappa shape index (κ1) is 65.5. The second-order valence-electron chi connectivity index (χ2n) is 19.8. The molecular formula is C48H104O13SSi3. The molecule has 392 valence electrons. The fourth-order valence-corrected chi connectivity index (χ4v) is 17.2. The van der Waals surface area contributed by atoms with Crippen LogP contribution in [0.25, 0.3) is 0 Å². The van der Waals surface area contributed by atoms with E-state index in [4.69, 9.17) is 35.4 Å². The van der Waals surface area contributed by atoms with E-state index in [1.54, 1.807) is 0 Å². The number of rotatable bonds is 49. The van der Waals surface area contributed by atoms with Crippen molar-refractivity contribution in [2.75, 3.05) is 91.6 Å². The molecule has 0 saturated carbocycles. The molecule has 65 heavy (non-hydrogen) atoms. The molecule has 0 bridgehead atoms. The van der Waals surface area contributed by atoms with Crippen molar-refractivity contribution in [3.8, 4) is 0 Å². The van der Waals surface area contributed by atoms with Gasteiger partial charge in [-0.15, -0.1) is 0 Å². The van der Waals surface area contributed by atoms with Crippen molar-refractivity contribution in [3.63, 3.8) is 0 Å². The number of hydrogen-bond acceptors (Lipinski definition) is 14. The van der Waals surface area contributed by atoms with Crippen molar-refractivity contribution < 1.29 is 60.9 Å². The summed E-state index contributed by atoms with van der Waals surface area (Å²) in [5.41, 5.74) is 0. The van der Waals surface area contributed by atoms with Crippen LogP contribution in [0, 0.1) is 41.4 Å². The van der Waals surface area contributed by atoms with Crippen LogP contribution in [-0.4, -0.2) is 143 Å². The Morgan fingerprint density at radius 2 is 0.708 bits per heavy atom. The molecule has 0 aromatic heterocycles. The van der Waals surface area contributed by atoms with Gasteiger partial charge in [0.25, 0.3) is 0 Å². The summed E-state index contributed by atoms with van der Waals surface area (Å²) in [6, 6.07) is 2.79. The molecular weight excluding hydrogens is 901 g/mol. The minimum absolute atomic E-state index is 0.00910. The molecule has 0 aliphatic carbocycles. The highest BCUT2D eigenvalue weighted by Gasteiger charge is 2.44. The highest BCUT2D eigenvalue weighted by molar-refractivity contribution is 7.80. The number of aliphatic hydroxyl groups is 5. The normalized spacial score (nSPS) is 18.3. The number of hydrogen-bond donors (Lipinski definition) is 6. The minimum Gasteiger partial charge on any atom is -0.396 e. The van der Waals surface area contributed by atoms with E-state index in [1.165, 1.54) is 44.9 Å².